The summed E-state index contributed by atoms with van der Waals surface area (Å²) in [7, 11) is 0. The smallest absolute Gasteiger partial charge is 0.235 e. The van der Waals surface area contributed by atoms with Gasteiger partial charge < -0.3 is 4.52 Å². The second-order valence-corrected chi connectivity index (χ2v) is 6.37. The summed E-state index contributed by atoms with van der Waals surface area (Å²) in [5, 5.41) is 18.5. The summed E-state index contributed by atoms with van der Waals surface area (Å²) in [5.41, 5.74) is 1.38. The maximum atomic E-state index is 6.23. The topological polar surface area (TPSA) is 69.1 Å². The molecule has 4 rings (SSSR count). The lowest BCUT2D eigenvalue weighted by atomic mass is 10.2. The molecule has 0 aliphatic heterocycles. The van der Waals surface area contributed by atoms with E-state index >= 15 is 0 Å². The molecule has 1 aromatic carbocycles. The van der Waals surface area contributed by atoms with Crippen LogP contribution in [0.15, 0.2) is 28.8 Å². The maximum absolute atomic E-state index is 6.23. The van der Waals surface area contributed by atoms with Crippen molar-refractivity contribution in [3.8, 4) is 22.1 Å². The Morgan fingerprint density at radius 3 is 2.77 bits per heavy atom. The quantitative estimate of drug-likeness (QED) is 0.543. The Hall–Kier alpha value is -1.96. The largest absolute Gasteiger partial charge is 0.361 e. The zero-order chi connectivity index (χ0) is 15.3. The van der Waals surface area contributed by atoms with Crippen LogP contribution >= 0.6 is 34.5 Å². The minimum Gasteiger partial charge on any atom is -0.361 e. The fourth-order valence-corrected chi connectivity index (χ4v) is 3.45. The molecular weight excluding hydrogens is 345 g/mol. The summed E-state index contributed by atoms with van der Waals surface area (Å²) < 4.78 is 6.70. The van der Waals surface area contributed by atoms with Gasteiger partial charge >= 0.3 is 0 Å². The summed E-state index contributed by atoms with van der Waals surface area (Å²) in [6, 6.07) is 7.07. The molecule has 3 aromatic heterocycles. The Morgan fingerprint density at radius 2 is 2.05 bits per heavy atom. The van der Waals surface area contributed by atoms with Crippen LogP contribution in [0.4, 0.5) is 0 Å². The average Bonchev–Trinajstić information content (AvgIpc) is 3.13. The lowest BCUT2D eigenvalue weighted by molar-refractivity contribution is 0.399. The Morgan fingerprint density at radius 1 is 1.18 bits per heavy atom. The first kappa shape index (κ1) is 13.7. The molecule has 0 saturated heterocycles. The molecule has 0 aliphatic rings. The van der Waals surface area contributed by atoms with Crippen LogP contribution in [0, 0.1) is 6.92 Å². The highest BCUT2D eigenvalue weighted by Crippen LogP contribution is 2.33. The minimum atomic E-state index is 0.527. The van der Waals surface area contributed by atoms with Crippen LogP contribution in [0.5, 0.6) is 0 Å². The normalized spacial score (nSPS) is 11.4. The van der Waals surface area contributed by atoms with Gasteiger partial charge in [-0.05, 0) is 25.1 Å². The molecule has 3 heterocycles. The molecule has 6 nitrogen and oxygen atoms in total. The van der Waals surface area contributed by atoms with Gasteiger partial charge in [-0.1, -0.05) is 39.7 Å². The first-order valence-electron chi connectivity index (χ1n) is 6.23. The number of aromatic nitrogens is 5. The molecule has 4 aromatic rings. The van der Waals surface area contributed by atoms with Crippen LogP contribution in [-0.4, -0.2) is 25.0 Å². The van der Waals surface area contributed by atoms with Gasteiger partial charge in [0.15, 0.2) is 5.69 Å². The van der Waals surface area contributed by atoms with Crippen molar-refractivity contribution >= 4 is 39.5 Å². The molecule has 0 unspecified atom stereocenters. The van der Waals surface area contributed by atoms with Gasteiger partial charge in [-0.15, -0.1) is 10.2 Å². The number of rotatable bonds is 2. The van der Waals surface area contributed by atoms with E-state index in [4.69, 9.17) is 27.7 Å². The van der Waals surface area contributed by atoms with Crippen molar-refractivity contribution in [2.24, 2.45) is 0 Å². The van der Waals surface area contributed by atoms with Gasteiger partial charge in [0.25, 0.3) is 0 Å². The monoisotopic (exact) mass is 351 g/mol. The van der Waals surface area contributed by atoms with Crippen molar-refractivity contribution in [1.82, 2.24) is 25.0 Å². The molecule has 9 heteroatoms. The predicted octanol–water partition coefficient (Wildman–Crippen LogP) is 4.12. The highest BCUT2D eigenvalue weighted by atomic mass is 35.5. The summed E-state index contributed by atoms with van der Waals surface area (Å²) in [6.45, 7) is 1.81. The third-order valence-electron chi connectivity index (χ3n) is 3.01. The average molecular weight is 352 g/mol. The Bertz CT molecular complexity index is 990. The first-order valence-corrected chi connectivity index (χ1v) is 7.80. The fraction of sp³-hybridized carbons (Fsp3) is 0.0769. The van der Waals surface area contributed by atoms with Crippen molar-refractivity contribution in [2.75, 3.05) is 0 Å². The summed E-state index contributed by atoms with van der Waals surface area (Å²) in [5.74, 6) is 1.22. The Labute approximate surface area is 138 Å². The van der Waals surface area contributed by atoms with Crippen LogP contribution in [0.3, 0.4) is 0 Å². The lowest BCUT2D eigenvalue weighted by Crippen LogP contribution is -1.91. The number of halogens is 2. The van der Waals surface area contributed by atoms with E-state index in [-0.39, 0.29) is 0 Å². The molecule has 0 spiro atoms. The molecule has 22 heavy (non-hydrogen) atoms. The van der Waals surface area contributed by atoms with E-state index in [0.29, 0.717) is 32.3 Å². The number of aryl methyl sites for hydroxylation is 1. The summed E-state index contributed by atoms with van der Waals surface area (Å²) in [4.78, 5) is 0.650. The van der Waals surface area contributed by atoms with E-state index in [2.05, 4.69) is 20.5 Å². The van der Waals surface area contributed by atoms with E-state index in [1.807, 2.05) is 13.0 Å². The number of fused-ring (bicyclic) bond motifs is 1. The Kier molecular flexibility index (Phi) is 3.14. The van der Waals surface area contributed by atoms with Crippen molar-refractivity contribution in [3.05, 3.63) is 40.1 Å². The van der Waals surface area contributed by atoms with Crippen molar-refractivity contribution in [1.29, 1.82) is 0 Å². The van der Waals surface area contributed by atoms with Gasteiger partial charge in [0.1, 0.15) is 10.8 Å². The Balaban J connectivity index is 1.86. The molecule has 0 fully saturated rings. The molecule has 0 amide bonds. The molecule has 0 radical (unpaired) electrons. The van der Waals surface area contributed by atoms with Crippen LogP contribution < -0.4 is 0 Å². The lowest BCUT2D eigenvalue weighted by Gasteiger charge is -1.99. The van der Waals surface area contributed by atoms with Crippen molar-refractivity contribution < 1.29 is 4.52 Å². The van der Waals surface area contributed by atoms with Crippen LogP contribution in [0.25, 0.3) is 27.1 Å². The standard InChI is InChI=1S/C13H7Cl2N5OS/c1-6-4-10(19-21-6)11-16-17-13-20(11)18-12(22-13)8-3-2-7(14)5-9(8)15/h2-5H,1H3. The van der Waals surface area contributed by atoms with E-state index in [0.717, 1.165) is 10.6 Å². The van der Waals surface area contributed by atoms with E-state index in [9.17, 15) is 0 Å². The van der Waals surface area contributed by atoms with Gasteiger partial charge in [0, 0.05) is 16.7 Å². The number of benzene rings is 1. The second-order valence-electron chi connectivity index (χ2n) is 4.57. The minimum absolute atomic E-state index is 0.527. The molecular formula is C13H7Cl2N5OS. The zero-order valence-corrected chi connectivity index (χ0v) is 13.4. The van der Waals surface area contributed by atoms with Crippen LogP contribution in [0.1, 0.15) is 5.76 Å². The van der Waals surface area contributed by atoms with Gasteiger partial charge in [-0.25, -0.2) is 0 Å². The van der Waals surface area contributed by atoms with Gasteiger partial charge in [0.2, 0.25) is 10.8 Å². The summed E-state index contributed by atoms with van der Waals surface area (Å²) in [6.07, 6.45) is 0. The van der Waals surface area contributed by atoms with Crippen molar-refractivity contribution in [2.45, 2.75) is 6.92 Å². The molecule has 0 atom stereocenters. The first-order chi connectivity index (χ1) is 10.6. The van der Waals surface area contributed by atoms with Gasteiger partial charge in [-0.2, -0.15) is 9.61 Å². The van der Waals surface area contributed by atoms with Crippen LogP contribution in [0.2, 0.25) is 10.0 Å². The maximum Gasteiger partial charge on any atom is 0.235 e. The number of hydrogen-bond donors (Lipinski definition) is 0. The number of nitrogens with zero attached hydrogens (tertiary/aromatic N) is 5. The third kappa shape index (κ3) is 2.18. The van der Waals surface area contributed by atoms with E-state index in [1.165, 1.54) is 11.3 Å². The second kappa shape index (κ2) is 5.05. The van der Waals surface area contributed by atoms with Crippen LogP contribution in [-0.2, 0) is 0 Å². The van der Waals surface area contributed by atoms with Crippen molar-refractivity contribution in [3.63, 3.8) is 0 Å². The number of hydrogen-bond acceptors (Lipinski definition) is 6. The predicted molar refractivity (Wildman–Crippen MR) is 84.3 cm³/mol. The highest BCUT2D eigenvalue weighted by molar-refractivity contribution is 7.19. The van der Waals surface area contributed by atoms with E-state index < -0.39 is 0 Å². The molecule has 0 aliphatic carbocycles. The van der Waals surface area contributed by atoms with Gasteiger partial charge in [-0.3, -0.25) is 0 Å². The molecule has 0 N–H and O–H groups in total. The zero-order valence-electron chi connectivity index (χ0n) is 11.1. The highest BCUT2D eigenvalue weighted by Gasteiger charge is 2.18. The molecule has 0 saturated carbocycles. The summed E-state index contributed by atoms with van der Waals surface area (Å²) >= 11 is 13.5. The SMILES string of the molecule is Cc1cc(-c2nnc3sc(-c4ccc(Cl)cc4Cl)nn23)no1. The van der Waals surface area contributed by atoms with E-state index in [1.54, 1.807) is 22.7 Å². The molecule has 110 valence electrons. The fourth-order valence-electron chi connectivity index (χ4n) is 2.02. The molecule has 0 bridgehead atoms. The van der Waals surface area contributed by atoms with Gasteiger partial charge in [0.05, 0.1) is 5.02 Å². The third-order valence-corrected chi connectivity index (χ3v) is 4.49.